The van der Waals surface area contributed by atoms with Gasteiger partial charge in [0.15, 0.2) is 5.70 Å². The highest BCUT2D eigenvalue weighted by atomic mass is 16.6. The Bertz CT molecular complexity index is 880. The smallest absolute Gasteiger partial charge is 0.363 e. The van der Waals surface area contributed by atoms with Gasteiger partial charge in [-0.1, -0.05) is 36.4 Å². The molecule has 4 rings (SSSR count). The first kappa shape index (κ1) is 15.4. The quantitative estimate of drug-likeness (QED) is 0.616. The summed E-state index contributed by atoms with van der Waals surface area (Å²) in [4.78, 5) is 16.5. The molecule has 0 amide bonds. The molecule has 0 spiro atoms. The van der Waals surface area contributed by atoms with E-state index in [9.17, 15) is 4.79 Å². The van der Waals surface area contributed by atoms with Gasteiger partial charge in [0.05, 0.1) is 0 Å². The molecular weight excluding hydrogens is 314 g/mol. The number of ether oxygens (including phenoxy) is 2. The monoisotopic (exact) mass is 331 g/mol. The Morgan fingerprint density at radius 2 is 1.68 bits per heavy atom. The van der Waals surface area contributed by atoms with Crippen molar-refractivity contribution in [1.82, 2.24) is 0 Å². The van der Waals surface area contributed by atoms with Crippen LogP contribution < -0.4 is 4.74 Å². The first-order chi connectivity index (χ1) is 12.3. The lowest BCUT2D eigenvalue weighted by molar-refractivity contribution is -0.130. The molecule has 2 aromatic carbocycles. The lowest BCUT2D eigenvalue weighted by atomic mass is 10.2. The van der Waals surface area contributed by atoms with Crippen LogP contribution in [0.4, 0.5) is 0 Å². The van der Waals surface area contributed by atoms with Crippen LogP contribution in [0.3, 0.4) is 0 Å². The number of carbonyl (C=O) groups excluding carboxylic acids is 1. The predicted octanol–water partition coefficient (Wildman–Crippen LogP) is 4.39. The molecule has 4 heteroatoms. The van der Waals surface area contributed by atoms with Crippen LogP contribution >= 0.6 is 0 Å². The van der Waals surface area contributed by atoms with E-state index in [0.717, 1.165) is 41.9 Å². The second kappa shape index (κ2) is 6.77. The Morgan fingerprint density at radius 1 is 0.960 bits per heavy atom. The maximum atomic E-state index is 12.1. The molecular formula is C21H17NO3. The maximum Gasteiger partial charge on any atom is 0.363 e. The summed E-state index contributed by atoms with van der Waals surface area (Å²) in [7, 11) is 0. The van der Waals surface area contributed by atoms with Crippen molar-refractivity contribution < 1.29 is 14.3 Å². The first-order valence-corrected chi connectivity index (χ1v) is 8.32. The van der Waals surface area contributed by atoms with Gasteiger partial charge >= 0.3 is 5.97 Å². The minimum atomic E-state index is -0.419. The van der Waals surface area contributed by atoms with Crippen LogP contribution in [0, 0.1) is 0 Å². The van der Waals surface area contributed by atoms with Crippen molar-refractivity contribution in [3.63, 3.8) is 0 Å². The van der Waals surface area contributed by atoms with Crippen LogP contribution in [0.2, 0.25) is 0 Å². The Labute approximate surface area is 146 Å². The van der Waals surface area contributed by atoms with Crippen molar-refractivity contribution in [2.75, 3.05) is 0 Å². The summed E-state index contributed by atoms with van der Waals surface area (Å²) < 4.78 is 11.3. The fraction of sp³-hybridized carbons (Fsp3) is 0.143. The number of hydrogen-bond donors (Lipinski definition) is 0. The van der Waals surface area contributed by atoms with Crippen molar-refractivity contribution in [1.29, 1.82) is 0 Å². The van der Waals surface area contributed by atoms with Crippen molar-refractivity contribution in [3.8, 4) is 5.75 Å². The molecule has 0 fully saturated rings. The van der Waals surface area contributed by atoms with Crippen LogP contribution in [0.5, 0.6) is 5.75 Å². The van der Waals surface area contributed by atoms with E-state index in [1.165, 1.54) is 0 Å². The molecule has 2 aromatic rings. The summed E-state index contributed by atoms with van der Waals surface area (Å²) in [6.07, 6.45) is 4.53. The third kappa shape index (κ3) is 3.38. The Hall–Kier alpha value is -3.14. The minimum Gasteiger partial charge on any atom is -0.461 e. The van der Waals surface area contributed by atoms with Crippen molar-refractivity contribution in [3.05, 3.63) is 89.3 Å². The van der Waals surface area contributed by atoms with Gasteiger partial charge < -0.3 is 9.47 Å². The van der Waals surface area contributed by atoms with Crippen LogP contribution in [0.25, 0.3) is 0 Å². The molecule has 1 heterocycles. The standard InChI is InChI=1S/C21H17NO3/c23-21-18(22-20(25-21)15-8-3-1-4-9-15)14-16-10-7-13-19(16)24-17-11-5-2-6-12-17/h1-6,8-9,11-12,14H,7,10,13H2/b18-14+. The van der Waals surface area contributed by atoms with Crippen LogP contribution in [-0.2, 0) is 9.53 Å². The number of aliphatic imine (C=N–C) groups is 1. The lowest BCUT2D eigenvalue weighted by Gasteiger charge is -2.07. The zero-order valence-electron chi connectivity index (χ0n) is 13.6. The van der Waals surface area contributed by atoms with Crippen molar-refractivity contribution in [2.24, 2.45) is 4.99 Å². The number of allylic oxidation sites excluding steroid dienone is 3. The highest BCUT2D eigenvalue weighted by Gasteiger charge is 2.26. The SMILES string of the molecule is O=C1OC(c2ccccc2)=N/C1=C/C1=C(Oc2ccccc2)CCC1. The number of cyclic esters (lactones) is 1. The topological polar surface area (TPSA) is 47.9 Å². The van der Waals surface area contributed by atoms with Crippen LogP contribution in [0.1, 0.15) is 24.8 Å². The molecule has 0 atom stereocenters. The number of nitrogens with zero attached hydrogens (tertiary/aromatic N) is 1. The van der Waals surface area contributed by atoms with Crippen molar-refractivity contribution >= 4 is 11.9 Å². The molecule has 124 valence electrons. The van der Waals surface area contributed by atoms with E-state index in [0.29, 0.717) is 11.6 Å². The van der Waals surface area contributed by atoms with Gasteiger partial charge in [0.2, 0.25) is 5.90 Å². The van der Waals surface area contributed by atoms with Gasteiger partial charge in [0, 0.05) is 12.0 Å². The number of rotatable bonds is 4. The summed E-state index contributed by atoms with van der Waals surface area (Å²) in [6.45, 7) is 0. The number of para-hydroxylation sites is 1. The third-order valence-corrected chi connectivity index (χ3v) is 4.14. The van der Waals surface area contributed by atoms with Gasteiger partial charge in [-0.05, 0) is 48.8 Å². The normalized spacial score (nSPS) is 18.5. The van der Waals surface area contributed by atoms with E-state index in [1.54, 1.807) is 6.08 Å². The number of carbonyl (C=O) groups is 1. The Morgan fingerprint density at radius 3 is 2.44 bits per heavy atom. The predicted molar refractivity (Wildman–Crippen MR) is 95.1 cm³/mol. The second-order valence-electron chi connectivity index (χ2n) is 5.92. The molecule has 25 heavy (non-hydrogen) atoms. The van der Waals surface area contributed by atoms with E-state index in [2.05, 4.69) is 4.99 Å². The van der Waals surface area contributed by atoms with E-state index >= 15 is 0 Å². The molecule has 0 unspecified atom stereocenters. The molecule has 0 bridgehead atoms. The second-order valence-corrected chi connectivity index (χ2v) is 5.92. The minimum absolute atomic E-state index is 0.324. The molecule has 1 aliphatic heterocycles. The summed E-state index contributed by atoms with van der Waals surface area (Å²) in [5.74, 6) is 1.63. The van der Waals surface area contributed by atoms with Gasteiger partial charge in [0.25, 0.3) is 0 Å². The highest BCUT2D eigenvalue weighted by Crippen LogP contribution is 2.31. The summed E-state index contributed by atoms with van der Waals surface area (Å²) >= 11 is 0. The molecule has 0 aromatic heterocycles. The average molecular weight is 331 g/mol. The maximum absolute atomic E-state index is 12.1. The molecule has 2 aliphatic rings. The average Bonchev–Trinajstić information content (AvgIpc) is 3.24. The highest BCUT2D eigenvalue weighted by molar-refractivity contribution is 6.11. The zero-order chi connectivity index (χ0) is 17.1. The van der Waals surface area contributed by atoms with Gasteiger partial charge in [-0.15, -0.1) is 0 Å². The summed E-state index contributed by atoms with van der Waals surface area (Å²) in [5.41, 5.74) is 2.12. The van der Waals surface area contributed by atoms with Crippen molar-refractivity contribution in [2.45, 2.75) is 19.3 Å². The molecule has 4 nitrogen and oxygen atoms in total. The van der Waals surface area contributed by atoms with Gasteiger partial charge in [-0.2, -0.15) is 0 Å². The fourth-order valence-corrected chi connectivity index (χ4v) is 2.92. The molecule has 0 radical (unpaired) electrons. The summed E-state index contributed by atoms with van der Waals surface area (Å²) in [6, 6.07) is 19.1. The van der Waals surface area contributed by atoms with E-state index in [1.807, 2.05) is 60.7 Å². The fourth-order valence-electron chi connectivity index (χ4n) is 2.92. The molecule has 0 saturated carbocycles. The number of benzene rings is 2. The molecule has 0 N–H and O–H groups in total. The molecule has 0 saturated heterocycles. The Kier molecular flexibility index (Phi) is 4.17. The van der Waals surface area contributed by atoms with E-state index in [4.69, 9.17) is 9.47 Å². The van der Waals surface area contributed by atoms with E-state index in [-0.39, 0.29) is 0 Å². The van der Waals surface area contributed by atoms with Gasteiger partial charge in [-0.25, -0.2) is 9.79 Å². The van der Waals surface area contributed by atoms with E-state index < -0.39 is 5.97 Å². The van der Waals surface area contributed by atoms with Crippen LogP contribution in [0.15, 0.2) is 88.8 Å². The third-order valence-electron chi connectivity index (χ3n) is 4.14. The number of esters is 1. The zero-order valence-corrected chi connectivity index (χ0v) is 13.6. The van der Waals surface area contributed by atoms with Crippen LogP contribution in [-0.4, -0.2) is 11.9 Å². The van der Waals surface area contributed by atoms with Gasteiger partial charge in [0.1, 0.15) is 11.5 Å². The van der Waals surface area contributed by atoms with Gasteiger partial charge in [-0.3, -0.25) is 0 Å². The largest absolute Gasteiger partial charge is 0.461 e. The first-order valence-electron chi connectivity index (χ1n) is 8.32. The Balaban J connectivity index is 1.61. The molecule has 1 aliphatic carbocycles. The summed E-state index contributed by atoms with van der Waals surface area (Å²) in [5, 5.41) is 0. The number of hydrogen-bond acceptors (Lipinski definition) is 4. The lowest BCUT2D eigenvalue weighted by Crippen LogP contribution is -2.05.